The van der Waals surface area contributed by atoms with Gasteiger partial charge in [-0.15, -0.1) is 0 Å². The molecule has 5 rings (SSSR count). The molecule has 9 heteroatoms. The lowest BCUT2D eigenvalue weighted by Gasteiger charge is -2.15. The number of nitrogens with zero attached hydrogens (tertiary/aromatic N) is 2. The van der Waals surface area contributed by atoms with Crippen LogP contribution in [0.2, 0.25) is 0 Å². The predicted molar refractivity (Wildman–Crippen MR) is 142 cm³/mol. The smallest absolute Gasteiger partial charge is 0.299 e. The Labute approximate surface area is 219 Å². The molecule has 1 aromatic heterocycles. The third-order valence-electron chi connectivity index (χ3n) is 6.16. The Morgan fingerprint density at radius 1 is 1.13 bits per heavy atom. The van der Waals surface area contributed by atoms with Gasteiger partial charge in [0.1, 0.15) is 11.6 Å². The van der Waals surface area contributed by atoms with Crippen molar-refractivity contribution in [3.05, 3.63) is 106 Å². The second kappa shape index (κ2) is 11.3. The summed E-state index contributed by atoms with van der Waals surface area (Å²) in [5.74, 6) is 0.155. The summed E-state index contributed by atoms with van der Waals surface area (Å²) in [7, 11) is 0. The Hall–Kier alpha value is -4.50. The lowest BCUT2D eigenvalue weighted by Crippen LogP contribution is -2.31. The van der Waals surface area contributed by atoms with Gasteiger partial charge in [0.15, 0.2) is 11.4 Å². The number of amides is 1. The maximum absolute atomic E-state index is 13.5. The molecular formula is C29H27FN4O4. The average Bonchev–Trinajstić information content (AvgIpc) is 3.44. The highest BCUT2D eigenvalue weighted by Gasteiger charge is 2.18. The number of hydrogen-bond donors (Lipinski definition) is 2. The second-order valence-electron chi connectivity index (χ2n) is 9.04. The van der Waals surface area contributed by atoms with E-state index in [1.807, 2.05) is 25.1 Å². The van der Waals surface area contributed by atoms with Crippen LogP contribution in [-0.2, 0) is 4.74 Å². The van der Waals surface area contributed by atoms with Crippen molar-refractivity contribution in [1.82, 2.24) is 15.1 Å². The van der Waals surface area contributed by atoms with Crippen LogP contribution in [0.5, 0.6) is 11.5 Å². The minimum atomic E-state index is -0.486. The van der Waals surface area contributed by atoms with Crippen LogP contribution < -0.4 is 20.9 Å². The third-order valence-corrected chi connectivity index (χ3v) is 6.16. The molecule has 0 bridgehead atoms. The van der Waals surface area contributed by atoms with Crippen LogP contribution in [-0.4, -0.2) is 34.9 Å². The summed E-state index contributed by atoms with van der Waals surface area (Å²) < 4.78 is 26.2. The first-order valence-electron chi connectivity index (χ1n) is 12.4. The first-order chi connectivity index (χ1) is 18.5. The standard InChI is InChI=1S/C29H27FN4O4/c1-19-4-2-5-24(16-19)38-26-18-32-34(23-13-9-21(30)10-14-23)29(36)27(26)33-22-11-7-20(8-12-22)28(35)31-17-25-6-3-15-37-25/h2,4-5,7-14,16,18,25,33H,3,6,15,17H2,1H3,(H,31,35)/t25-/m0/s1. The summed E-state index contributed by atoms with van der Waals surface area (Å²) in [5.41, 5.74) is 2.12. The van der Waals surface area contributed by atoms with Crippen molar-refractivity contribution in [3.63, 3.8) is 0 Å². The van der Waals surface area contributed by atoms with Gasteiger partial charge in [-0.05, 0) is 86.0 Å². The fourth-order valence-electron chi connectivity index (χ4n) is 4.17. The Bertz CT molecular complexity index is 1480. The van der Waals surface area contributed by atoms with Gasteiger partial charge in [-0.1, -0.05) is 12.1 Å². The first kappa shape index (κ1) is 25.2. The monoisotopic (exact) mass is 514 g/mol. The zero-order chi connectivity index (χ0) is 26.5. The lowest BCUT2D eigenvalue weighted by atomic mass is 10.1. The van der Waals surface area contributed by atoms with E-state index in [1.165, 1.54) is 30.5 Å². The number of ether oxygens (including phenoxy) is 2. The molecule has 0 radical (unpaired) electrons. The van der Waals surface area contributed by atoms with E-state index in [2.05, 4.69) is 15.7 Å². The summed E-state index contributed by atoms with van der Waals surface area (Å²) in [6.07, 6.45) is 3.44. The quantitative estimate of drug-likeness (QED) is 0.339. The van der Waals surface area contributed by atoms with Crippen LogP contribution in [0.25, 0.3) is 5.69 Å². The molecule has 1 fully saturated rings. The van der Waals surface area contributed by atoms with E-state index in [9.17, 15) is 14.0 Å². The number of aromatic nitrogens is 2. The molecule has 1 amide bonds. The molecule has 194 valence electrons. The van der Waals surface area contributed by atoms with Gasteiger partial charge in [0.2, 0.25) is 0 Å². The van der Waals surface area contributed by atoms with Gasteiger partial charge in [-0.2, -0.15) is 9.78 Å². The van der Waals surface area contributed by atoms with Crippen molar-refractivity contribution in [2.24, 2.45) is 0 Å². The zero-order valence-electron chi connectivity index (χ0n) is 20.8. The van der Waals surface area contributed by atoms with Crippen LogP contribution in [0.3, 0.4) is 0 Å². The fourth-order valence-corrected chi connectivity index (χ4v) is 4.17. The van der Waals surface area contributed by atoms with E-state index in [0.717, 1.165) is 29.7 Å². The molecule has 8 nitrogen and oxygen atoms in total. The highest BCUT2D eigenvalue weighted by Crippen LogP contribution is 2.29. The number of carbonyl (C=O) groups is 1. The maximum atomic E-state index is 13.5. The number of benzene rings is 3. The Balaban J connectivity index is 1.41. The number of anilines is 2. The van der Waals surface area contributed by atoms with Crippen LogP contribution in [0, 0.1) is 12.7 Å². The Morgan fingerprint density at radius 2 is 1.92 bits per heavy atom. The van der Waals surface area contributed by atoms with E-state index in [1.54, 1.807) is 30.3 Å². The van der Waals surface area contributed by atoms with Gasteiger partial charge in [0.05, 0.1) is 18.0 Å². The normalized spacial score (nSPS) is 14.7. The van der Waals surface area contributed by atoms with E-state index < -0.39 is 11.4 Å². The number of nitrogens with one attached hydrogen (secondary N) is 2. The minimum absolute atomic E-state index is 0.0571. The van der Waals surface area contributed by atoms with Crippen LogP contribution >= 0.6 is 0 Å². The Morgan fingerprint density at radius 3 is 2.63 bits per heavy atom. The van der Waals surface area contributed by atoms with Crippen LogP contribution in [0.15, 0.2) is 83.8 Å². The first-order valence-corrected chi connectivity index (χ1v) is 12.4. The van der Waals surface area contributed by atoms with Gasteiger partial charge in [0, 0.05) is 24.4 Å². The lowest BCUT2D eigenvalue weighted by molar-refractivity contribution is 0.0858. The van der Waals surface area contributed by atoms with Crippen molar-refractivity contribution < 1.29 is 18.7 Å². The zero-order valence-corrected chi connectivity index (χ0v) is 20.8. The highest BCUT2D eigenvalue weighted by molar-refractivity contribution is 5.94. The highest BCUT2D eigenvalue weighted by atomic mass is 19.1. The van der Waals surface area contributed by atoms with Crippen molar-refractivity contribution in [2.75, 3.05) is 18.5 Å². The maximum Gasteiger partial charge on any atom is 0.299 e. The Kier molecular flexibility index (Phi) is 7.46. The fraction of sp³-hybridized carbons (Fsp3) is 0.207. The molecule has 38 heavy (non-hydrogen) atoms. The molecule has 0 spiro atoms. The topological polar surface area (TPSA) is 94.5 Å². The summed E-state index contributed by atoms with van der Waals surface area (Å²) in [6, 6.07) is 19.7. The van der Waals surface area contributed by atoms with Gasteiger partial charge < -0.3 is 20.1 Å². The average molecular weight is 515 g/mol. The van der Waals surface area contributed by atoms with Crippen LogP contribution in [0.4, 0.5) is 15.8 Å². The largest absolute Gasteiger partial charge is 0.453 e. The van der Waals surface area contributed by atoms with Crippen molar-refractivity contribution in [2.45, 2.75) is 25.9 Å². The number of carbonyl (C=O) groups excluding carboxylic acids is 1. The second-order valence-corrected chi connectivity index (χ2v) is 9.04. The minimum Gasteiger partial charge on any atom is -0.453 e. The number of aryl methyl sites for hydroxylation is 1. The molecule has 1 aliphatic heterocycles. The van der Waals surface area contributed by atoms with Crippen molar-refractivity contribution in [3.8, 4) is 17.2 Å². The molecule has 1 atom stereocenters. The molecule has 4 aromatic rings. The van der Waals surface area contributed by atoms with Gasteiger partial charge >= 0.3 is 0 Å². The summed E-state index contributed by atoms with van der Waals surface area (Å²) in [4.78, 5) is 26.1. The summed E-state index contributed by atoms with van der Waals surface area (Å²) in [5, 5.41) is 10.3. The van der Waals surface area contributed by atoms with Crippen molar-refractivity contribution >= 4 is 17.3 Å². The van der Waals surface area contributed by atoms with Gasteiger partial charge in [0.25, 0.3) is 11.5 Å². The molecule has 0 unspecified atom stereocenters. The molecule has 1 saturated heterocycles. The third kappa shape index (κ3) is 5.90. The van der Waals surface area contributed by atoms with Gasteiger partial charge in [-0.25, -0.2) is 4.39 Å². The molecule has 0 aliphatic carbocycles. The number of rotatable bonds is 8. The van der Waals surface area contributed by atoms with Crippen LogP contribution in [0.1, 0.15) is 28.8 Å². The molecule has 0 saturated carbocycles. The molecule has 2 heterocycles. The SMILES string of the molecule is Cc1cccc(Oc2cnn(-c3ccc(F)cc3)c(=O)c2Nc2ccc(C(=O)NC[C@@H]3CCCO3)cc2)c1. The number of hydrogen-bond acceptors (Lipinski definition) is 6. The van der Waals surface area contributed by atoms with E-state index >= 15 is 0 Å². The van der Waals surface area contributed by atoms with E-state index in [0.29, 0.717) is 29.2 Å². The molecule has 2 N–H and O–H groups in total. The summed E-state index contributed by atoms with van der Waals surface area (Å²) >= 11 is 0. The van der Waals surface area contributed by atoms with E-state index in [4.69, 9.17) is 9.47 Å². The van der Waals surface area contributed by atoms with Crippen molar-refractivity contribution in [1.29, 1.82) is 0 Å². The van der Waals surface area contributed by atoms with Gasteiger partial charge in [-0.3, -0.25) is 9.59 Å². The molecule has 1 aliphatic rings. The molecular weight excluding hydrogens is 487 g/mol. The predicted octanol–water partition coefficient (Wildman–Crippen LogP) is 5.12. The molecule has 3 aromatic carbocycles. The number of halogens is 1. The van der Waals surface area contributed by atoms with E-state index in [-0.39, 0.29) is 23.4 Å². The summed E-state index contributed by atoms with van der Waals surface area (Å²) in [6.45, 7) is 3.14.